The lowest BCUT2D eigenvalue weighted by molar-refractivity contribution is -0.136. The summed E-state index contributed by atoms with van der Waals surface area (Å²) in [5.41, 5.74) is 2.53. The molecule has 0 spiro atoms. The number of nitriles is 1. The number of carbonyl (C=O) groups excluding carboxylic acids is 2. The van der Waals surface area contributed by atoms with Crippen molar-refractivity contribution in [1.82, 2.24) is 4.90 Å². The van der Waals surface area contributed by atoms with Gasteiger partial charge in [-0.05, 0) is 47.7 Å². The van der Waals surface area contributed by atoms with Crippen molar-refractivity contribution >= 4 is 18.0 Å². The average Bonchev–Trinajstić information content (AvgIpc) is 2.86. The lowest BCUT2D eigenvalue weighted by Crippen LogP contribution is -2.41. The molecule has 0 N–H and O–H groups in total. The van der Waals surface area contributed by atoms with Gasteiger partial charge in [0, 0.05) is 13.1 Å². The summed E-state index contributed by atoms with van der Waals surface area (Å²) in [7, 11) is 1.45. The second kappa shape index (κ2) is 11.7. The number of benzene rings is 2. The van der Waals surface area contributed by atoms with Crippen molar-refractivity contribution in [1.29, 1.82) is 5.26 Å². The van der Waals surface area contributed by atoms with Crippen LogP contribution in [0, 0.1) is 18.3 Å². The third-order valence-corrected chi connectivity index (χ3v) is 5.66. The minimum atomic E-state index is -0.586. The van der Waals surface area contributed by atoms with E-state index in [1.807, 2.05) is 25.1 Å². The van der Waals surface area contributed by atoms with Gasteiger partial charge in [-0.1, -0.05) is 44.5 Å². The monoisotopic (exact) mass is 492 g/mol. The normalized spacial score (nSPS) is 14.1. The quantitative estimate of drug-likeness (QED) is 0.249. The Morgan fingerprint density at radius 2 is 1.78 bits per heavy atom. The molecule has 8 heteroatoms. The van der Waals surface area contributed by atoms with E-state index in [9.17, 15) is 14.9 Å². The fourth-order valence-electron chi connectivity index (χ4n) is 3.75. The first-order valence-corrected chi connectivity index (χ1v) is 11.7. The first kappa shape index (κ1) is 26.8. The molecule has 1 fully saturated rings. The number of aryl methyl sites for hydroxylation is 1. The van der Waals surface area contributed by atoms with E-state index in [1.54, 1.807) is 23.1 Å². The molecule has 1 amide bonds. The van der Waals surface area contributed by atoms with E-state index in [2.05, 4.69) is 26.8 Å². The van der Waals surface area contributed by atoms with Crippen molar-refractivity contribution in [2.75, 3.05) is 40.0 Å². The van der Waals surface area contributed by atoms with Gasteiger partial charge < -0.3 is 23.8 Å². The maximum absolute atomic E-state index is 12.7. The van der Waals surface area contributed by atoms with Crippen LogP contribution in [0.3, 0.4) is 0 Å². The number of morpholine rings is 1. The highest BCUT2D eigenvalue weighted by Gasteiger charge is 2.22. The SMILES string of the molecule is COc1cc(/C=C(\C#N)C(=O)N2CCOCC2)ccc1OC(=O)COc1ccc(C)cc1C(C)(C)C. The first-order chi connectivity index (χ1) is 17.1. The minimum Gasteiger partial charge on any atom is -0.493 e. The Labute approximate surface area is 212 Å². The Morgan fingerprint density at radius 1 is 1.08 bits per heavy atom. The summed E-state index contributed by atoms with van der Waals surface area (Å²) in [6, 6.07) is 12.6. The Kier molecular flexibility index (Phi) is 8.73. The highest BCUT2D eigenvalue weighted by atomic mass is 16.6. The number of methoxy groups -OCH3 is 1. The maximum Gasteiger partial charge on any atom is 0.349 e. The van der Waals surface area contributed by atoms with Crippen LogP contribution in [0.25, 0.3) is 6.08 Å². The predicted molar refractivity (Wildman–Crippen MR) is 135 cm³/mol. The molecule has 0 saturated carbocycles. The Morgan fingerprint density at radius 3 is 2.42 bits per heavy atom. The second-order valence-corrected chi connectivity index (χ2v) is 9.50. The van der Waals surface area contributed by atoms with E-state index in [0.717, 1.165) is 11.1 Å². The van der Waals surface area contributed by atoms with Crippen LogP contribution in [0.5, 0.6) is 17.2 Å². The number of ether oxygens (including phenoxy) is 4. The van der Waals surface area contributed by atoms with Gasteiger partial charge in [-0.15, -0.1) is 0 Å². The second-order valence-electron chi connectivity index (χ2n) is 9.50. The Hall–Kier alpha value is -3.83. The summed E-state index contributed by atoms with van der Waals surface area (Å²) >= 11 is 0. The van der Waals surface area contributed by atoms with Crippen LogP contribution >= 0.6 is 0 Å². The van der Waals surface area contributed by atoms with Gasteiger partial charge in [0.25, 0.3) is 5.91 Å². The van der Waals surface area contributed by atoms with E-state index in [1.165, 1.54) is 13.2 Å². The molecular formula is C28H32N2O6. The molecule has 2 aromatic carbocycles. The summed E-state index contributed by atoms with van der Waals surface area (Å²) < 4.78 is 21.9. The van der Waals surface area contributed by atoms with Gasteiger partial charge in [-0.3, -0.25) is 4.79 Å². The Balaban J connectivity index is 1.70. The molecule has 2 aromatic rings. The van der Waals surface area contributed by atoms with E-state index < -0.39 is 5.97 Å². The van der Waals surface area contributed by atoms with Crippen molar-refractivity contribution in [2.24, 2.45) is 0 Å². The molecule has 8 nitrogen and oxygen atoms in total. The molecule has 1 aliphatic heterocycles. The Bertz CT molecular complexity index is 1180. The molecule has 0 bridgehead atoms. The lowest BCUT2D eigenvalue weighted by atomic mass is 9.85. The summed E-state index contributed by atoms with van der Waals surface area (Å²) in [6.07, 6.45) is 1.49. The van der Waals surface area contributed by atoms with Crippen LogP contribution in [0.1, 0.15) is 37.5 Å². The van der Waals surface area contributed by atoms with Crippen molar-refractivity contribution in [3.05, 3.63) is 58.7 Å². The molecule has 0 radical (unpaired) electrons. The van der Waals surface area contributed by atoms with Crippen LogP contribution in [0.4, 0.5) is 0 Å². The number of esters is 1. The third kappa shape index (κ3) is 6.86. The lowest BCUT2D eigenvalue weighted by Gasteiger charge is -2.26. The van der Waals surface area contributed by atoms with Crippen LogP contribution in [0.15, 0.2) is 42.0 Å². The van der Waals surface area contributed by atoms with Gasteiger partial charge in [0.05, 0.1) is 20.3 Å². The predicted octanol–water partition coefficient (Wildman–Crippen LogP) is 4.05. The highest BCUT2D eigenvalue weighted by Crippen LogP contribution is 2.33. The van der Waals surface area contributed by atoms with Crippen LogP contribution < -0.4 is 14.2 Å². The van der Waals surface area contributed by atoms with Gasteiger partial charge in [0.2, 0.25) is 0 Å². The van der Waals surface area contributed by atoms with Crippen molar-refractivity contribution in [3.63, 3.8) is 0 Å². The summed E-state index contributed by atoms with van der Waals surface area (Å²) in [5, 5.41) is 9.51. The zero-order chi connectivity index (χ0) is 26.3. The third-order valence-electron chi connectivity index (χ3n) is 5.66. The maximum atomic E-state index is 12.7. The molecule has 0 aromatic heterocycles. The summed E-state index contributed by atoms with van der Waals surface area (Å²) in [6.45, 7) is 9.77. The molecule has 1 heterocycles. The van der Waals surface area contributed by atoms with E-state index in [0.29, 0.717) is 43.4 Å². The summed E-state index contributed by atoms with van der Waals surface area (Å²) in [5.74, 6) is 0.196. The fourth-order valence-corrected chi connectivity index (χ4v) is 3.75. The van der Waals surface area contributed by atoms with E-state index in [-0.39, 0.29) is 29.3 Å². The number of carbonyl (C=O) groups is 2. The topological polar surface area (TPSA) is 98.1 Å². The van der Waals surface area contributed by atoms with Crippen LogP contribution in [-0.4, -0.2) is 56.8 Å². The van der Waals surface area contributed by atoms with Gasteiger partial charge in [0.15, 0.2) is 18.1 Å². The number of amides is 1. The number of nitrogens with zero attached hydrogens (tertiary/aromatic N) is 2. The molecule has 190 valence electrons. The highest BCUT2D eigenvalue weighted by molar-refractivity contribution is 6.01. The van der Waals surface area contributed by atoms with Crippen LogP contribution in [-0.2, 0) is 19.7 Å². The zero-order valence-electron chi connectivity index (χ0n) is 21.4. The smallest absolute Gasteiger partial charge is 0.349 e. The van der Waals surface area contributed by atoms with Gasteiger partial charge in [-0.25, -0.2) is 4.79 Å². The van der Waals surface area contributed by atoms with Crippen LogP contribution in [0.2, 0.25) is 0 Å². The van der Waals surface area contributed by atoms with E-state index in [4.69, 9.17) is 18.9 Å². The molecular weight excluding hydrogens is 460 g/mol. The van der Waals surface area contributed by atoms with Gasteiger partial charge in [0.1, 0.15) is 17.4 Å². The van der Waals surface area contributed by atoms with Crippen molar-refractivity contribution in [3.8, 4) is 23.3 Å². The zero-order valence-corrected chi connectivity index (χ0v) is 21.4. The number of rotatable bonds is 7. The standard InChI is InChI=1S/C28H32N2O6/c1-19-6-8-23(22(14-19)28(2,3)4)35-18-26(31)36-24-9-7-20(16-25(24)33-5)15-21(17-29)27(32)30-10-12-34-13-11-30/h6-9,14-16H,10-13,18H2,1-5H3/b21-15+. The van der Waals surface area contributed by atoms with Gasteiger partial charge >= 0.3 is 5.97 Å². The summed E-state index contributed by atoms with van der Waals surface area (Å²) in [4.78, 5) is 26.8. The van der Waals surface area contributed by atoms with Crippen molar-refractivity contribution < 1.29 is 28.5 Å². The number of hydrogen-bond donors (Lipinski definition) is 0. The molecule has 0 unspecified atom stereocenters. The van der Waals surface area contributed by atoms with Crippen molar-refractivity contribution in [2.45, 2.75) is 33.1 Å². The fraction of sp³-hybridized carbons (Fsp3) is 0.393. The largest absolute Gasteiger partial charge is 0.493 e. The number of hydrogen-bond acceptors (Lipinski definition) is 7. The molecule has 36 heavy (non-hydrogen) atoms. The molecule has 1 saturated heterocycles. The first-order valence-electron chi connectivity index (χ1n) is 11.7. The molecule has 1 aliphatic rings. The molecule has 0 atom stereocenters. The average molecular weight is 493 g/mol. The molecule has 0 aliphatic carbocycles. The van der Waals surface area contributed by atoms with E-state index >= 15 is 0 Å². The molecule has 3 rings (SSSR count). The minimum absolute atomic E-state index is 0.00449. The van der Waals surface area contributed by atoms with Gasteiger partial charge in [-0.2, -0.15) is 5.26 Å².